The van der Waals surface area contributed by atoms with Crippen LogP contribution < -0.4 is 10.2 Å². The van der Waals surface area contributed by atoms with E-state index in [4.69, 9.17) is 0 Å². The van der Waals surface area contributed by atoms with Crippen LogP contribution in [0.15, 0.2) is 24.3 Å². The van der Waals surface area contributed by atoms with Crippen LogP contribution in [-0.2, 0) is 24.3 Å². The van der Waals surface area contributed by atoms with Crippen LogP contribution >= 0.6 is 24.8 Å². The number of anilines is 1. The number of hydrogen-bond donors (Lipinski definition) is 1. The largest absolute Gasteiger partial charge is 0.368 e. The first kappa shape index (κ1) is 23.5. The second kappa shape index (κ2) is 10.3. The smallest absolute Gasteiger partial charge is 0.223 e. The van der Waals surface area contributed by atoms with Gasteiger partial charge in [0.2, 0.25) is 5.91 Å². The van der Waals surface area contributed by atoms with Gasteiger partial charge in [-0.3, -0.25) is 9.48 Å². The number of carbonyl (C=O) groups excluding carboxylic acids is 1. The Hall–Kier alpha value is -1.76. The number of halogens is 2. The number of fused-ring (bicyclic) bond motifs is 1. The lowest BCUT2D eigenvalue weighted by Crippen LogP contribution is -2.49. The van der Waals surface area contributed by atoms with Crippen molar-refractivity contribution in [1.82, 2.24) is 20.0 Å². The highest BCUT2D eigenvalue weighted by Crippen LogP contribution is 2.23. The Morgan fingerprint density at radius 3 is 2.55 bits per heavy atom. The number of rotatable bonds is 4. The third-order valence-corrected chi connectivity index (χ3v) is 5.65. The second-order valence-corrected chi connectivity index (χ2v) is 7.68. The maximum absolute atomic E-state index is 12.6. The molecule has 0 saturated carbocycles. The van der Waals surface area contributed by atoms with Crippen molar-refractivity contribution in [1.29, 1.82) is 0 Å². The topological polar surface area (TPSA) is 53.4 Å². The summed E-state index contributed by atoms with van der Waals surface area (Å²) in [7, 11) is 0. The molecule has 6 nitrogen and oxygen atoms in total. The van der Waals surface area contributed by atoms with Crippen LogP contribution in [-0.4, -0.2) is 53.3 Å². The van der Waals surface area contributed by atoms with Gasteiger partial charge in [0.25, 0.3) is 0 Å². The highest BCUT2D eigenvalue weighted by Gasteiger charge is 2.22. The fourth-order valence-corrected chi connectivity index (χ4v) is 4.02. The Kier molecular flexibility index (Phi) is 8.37. The molecule has 1 N–H and O–H groups in total. The van der Waals surface area contributed by atoms with Gasteiger partial charge in [-0.1, -0.05) is 12.1 Å². The molecule has 0 spiro atoms. The lowest BCUT2D eigenvalue weighted by Gasteiger charge is -2.37. The zero-order chi connectivity index (χ0) is 18.8. The number of carbonyl (C=O) groups is 1. The molecule has 1 amide bonds. The van der Waals surface area contributed by atoms with Gasteiger partial charge in [0.1, 0.15) is 0 Å². The molecule has 3 heterocycles. The molecule has 29 heavy (non-hydrogen) atoms. The molecule has 8 heteroatoms. The lowest BCUT2D eigenvalue weighted by atomic mass is 10.1. The van der Waals surface area contributed by atoms with E-state index in [1.807, 2.05) is 4.90 Å². The molecular weight excluding hydrogens is 409 g/mol. The van der Waals surface area contributed by atoms with E-state index in [0.717, 1.165) is 57.9 Å². The Balaban J connectivity index is 0.00000150. The van der Waals surface area contributed by atoms with Crippen LogP contribution in [0, 0.1) is 13.8 Å². The molecule has 2 aromatic rings. The van der Waals surface area contributed by atoms with E-state index in [1.165, 1.54) is 22.5 Å². The van der Waals surface area contributed by atoms with E-state index in [1.54, 1.807) is 0 Å². The van der Waals surface area contributed by atoms with Crippen LogP contribution in [0.3, 0.4) is 0 Å². The Bertz CT molecular complexity index is 807. The fraction of sp³-hybridized carbons (Fsp3) is 0.524. The lowest BCUT2D eigenvalue weighted by molar-refractivity contribution is -0.131. The number of piperazine rings is 1. The highest BCUT2D eigenvalue weighted by atomic mass is 35.5. The summed E-state index contributed by atoms with van der Waals surface area (Å²) in [5.41, 5.74) is 6.16. The maximum atomic E-state index is 12.6. The van der Waals surface area contributed by atoms with E-state index >= 15 is 0 Å². The van der Waals surface area contributed by atoms with Crippen LogP contribution in [0.25, 0.3) is 0 Å². The second-order valence-electron chi connectivity index (χ2n) is 7.68. The summed E-state index contributed by atoms with van der Waals surface area (Å²) in [5, 5.41) is 7.99. The first-order valence-electron chi connectivity index (χ1n) is 9.96. The predicted molar refractivity (Wildman–Crippen MR) is 121 cm³/mol. The summed E-state index contributed by atoms with van der Waals surface area (Å²) >= 11 is 0. The molecule has 1 saturated heterocycles. The van der Waals surface area contributed by atoms with Crippen LogP contribution in [0.2, 0.25) is 0 Å². The van der Waals surface area contributed by atoms with E-state index in [9.17, 15) is 4.79 Å². The first-order chi connectivity index (χ1) is 13.1. The summed E-state index contributed by atoms with van der Waals surface area (Å²) in [6, 6.07) is 8.73. The number of nitrogens with one attached hydrogen (secondary N) is 1. The number of hydrogen-bond acceptors (Lipinski definition) is 4. The molecule has 1 aromatic heterocycles. The van der Waals surface area contributed by atoms with Crippen molar-refractivity contribution in [3.63, 3.8) is 0 Å². The number of aromatic nitrogens is 2. The average molecular weight is 440 g/mol. The minimum atomic E-state index is 0. The maximum Gasteiger partial charge on any atom is 0.223 e. The van der Waals surface area contributed by atoms with Crippen molar-refractivity contribution in [2.45, 2.75) is 39.8 Å². The fourth-order valence-electron chi connectivity index (χ4n) is 4.02. The van der Waals surface area contributed by atoms with Gasteiger partial charge < -0.3 is 15.1 Å². The zero-order valence-electron chi connectivity index (χ0n) is 17.2. The third kappa shape index (κ3) is 5.44. The van der Waals surface area contributed by atoms with Crippen molar-refractivity contribution in [3.8, 4) is 0 Å². The summed E-state index contributed by atoms with van der Waals surface area (Å²) < 4.78 is 2.07. The molecular formula is C21H31Cl2N5O. The molecule has 0 bridgehead atoms. The van der Waals surface area contributed by atoms with E-state index in [2.05, 4.69) is 58.1 Å². The highest BCUT2D eigenvalue weighted by molar-refractivity contribution is 5.85. The summed E-state index contributed by atoms with van der Waals surface area (Å²) in [6.45, 7) is 10.5. The molecule has 160 valence electrons. The van der Waals surface area contributed by atoms with Crippen LogP contribution in [0.5, 0.6) is 0 Å². The quantitative estimate of drug-likeness (QED) is 0.795. The van der Waals surface area contributed by atoms with E-state index in [0.29, 0.717) is 6.42 Å². The SMILES string of the molecule is Cc1ccc(C)c(N2CCN(C(=O)CCc3cc4n(n3)CCNC4)CC2)c1.Cl.Cl. The van der Waals surface area contributed by atoms with Gasteiger partial charge >= 0.3 is 0 Å². The van der Waals surface area contributed by atoms with Gasteiger partial charge in [-0.2, -0.15) is 5.10 Å². The molecule has 2 aliphatic heterocycles. The summed E-state index contributed by atoms with van der Waals surface area (Å²) in [4.78, 5) is 17.1. The van der Waals surface area contributed by atoms with Gasteiger partial charge in [-0.15, -0.1) is 24.8 Å². The number of amides is 1. The molecule has 1 fully saturated rings. The van der Waals surface area contributed by atoms with Gasteiger partial charge in [-0.05, 0) is 37.1 Å². The average Bonchev–Trinajstić information content (AvgIpc) is 3.11. The summed E-state index contributed by atoms with van der Waals surface area (Å²) in [6.07, 6.45) is 1.28. The number of nitrogens with zero attached hydrogens (tertiary/aromatic N) is 4. The molecule has 4 rings (SSSR count). The van der Waals surface area contributed by atoms with E-state index < -0.39 is 0 Å². The first-order valence-corrected chi connectivity index (χ1v) is 9.96. The normalized spacial score (nSPS) is 15.9. The van der Waals surface area contributed by atoms with Gasteiger partial charge in [-0.25, -0.2) is 0 Å². The van der Waals surface area contributed by atoms with E-state index in [-0.39, 0.29) is 30.7 Å². The van der Waals surface area contributed by atoms with Crippen molar-refractivity contribution in [2.75, 3.05) is 37.6 Å². The Morgan fingerprint density at radius 1 is 1.07 bits per heavy atom. The molecule has 2 aliphatic rings. The monoisotopic (exact) mass is 439 g/mol. The van der Waals surface area contributed by atoms with Gasteiger partial charge in [0.15, 0.2) is 0 Å². The minimum Gasteiger partial charge on any atom is -0.368 e. The van der Waals surface area contributed by atoms with Crippen molar-refractivity contribution in [2.24, 2.45) is 0 Å². The Morgan fingerprint density at radius 2 is 1.83 bits per heavy atom. The van der Waals surface area contributed by atoms with Gasteiger partial charge in [0, 0.05) is 57.8 Å². The summed E-state index contributed by atoms with van der Waals surface area (Å²) in [5.74, 6) is 0.250. The van der Waals surface area contributed by atoms with Crippen molar-refractivity contribution < 1.29 is 4.79 Å². The Labute approximate surface area is 185 Å². The molecule has 0 unspecified atom stereocenters. The number of benzene rings is 1. The molecule has 1 aromatic carbocycles. The van der Waals surface area contributed by atoms with Crippen molar-refractivity contribution >= 4 is 36.4 Å². The minimum absolute atomic E-state index is 0. The molecule has 0 atom stereocenters. The predicted octanol–water partition coefficient (Wildman–Crippen LogP) is 2.73. The van der Waals surface area contributed by atoms with Crippen LogP contribution in [0.1, 0.15) is 28.9 Å². The van der Waals surface area contributed by atoms with Crippen LogP contribution in [0.4, 0.5) is 5.69 Å². The van der Waals surface area contributed by atoms with Gasteiger partial charge in [0.05, 0.1) is 17.9 Å². The number of aryl methyl sites for hydroxylation is 3. The standard InChI is InChI=1S/C21H29N5O.2ClH/c1-16-3-4-17(2)20(13-16)24-9-11-25(12-10-24)21(27)6-5-18-14-19-15-22-7-8-26(19)23-18;;/h3-4,13-14,22H,5-12,15H2,1-2H3;2*1H. The van der Waals surface area contributed by atoms with Crippen molar-refractivity contribution in [3.05, 3.63) is 46.8 Å². The molecule has 0 aliphatic carbocycles. The third-order valence-electron chi connectivity index (χ3n) is 5.65. The molecule has 0 radical (unpaired) electrons. The zero-order valence-corrected chi connectivity index (χ0v) is 18.8.